The van der Waals surface area contributed by atoms with Gasteiger partial charge in [-0.15, -0.1) is 0 Å². The van der Waals surface area contributed by atoms with E-state index in [1.165, 1.54) is 0 Å². The van der Waals surface area contributed by atoms with Crippen molar-refractivity contribution in [2.24, 2.45) is 0 Å². The zero-order valence-corrected chi connectivity index (χ0v) is 11.8. The first-order chi connectivity index (χ1) is 10.1. The summed E-state index contributed by atoms with van der Waals surface area (Å²) in [5, 5.41) is 22.6. The van der Waals surface area contributed by atoms with Crippen LogP contribution < -0.4 is 10.6 Å². The Kier molecular flexibility index (Phi) is 7.20. The molecule has 1 unspecified atom stereocenters. The van der Waals surface area contributed by atoms with E-state index in [4.69, 9.17) is 14.9 Å². The number of ether oxygens (including phenoxy) is 1. The number of carboxylic acid groups (broad SMARTS) is 1. The van der Waals surface area contributed by atoms with Crippen LogP contribution in [-0.4, -0.2) is 48.6 Å². The molecule has 0 radical (unpaired) electrons. The summed E-state index contributed by atoms with van der Waals surface area (Å²) in [5.41, 5.74) is 1.49. The molecular weight excluding hydrogens is 276 g/mol. The first-order valence-corrected chi connectivity index (χ1v) is 6.56. The SMILES string of the molecule is COCCc1ccccc1NC(=O)NC(CCO)C(=O)O. The average molecular weight is 296 g/mol. The minimum absolute atomic E-state index is 0.0475. The molecule has 0 saturated carbocycles. The Bertz CT molecular complexity index is 478. The third-order valence-electron chi connectivity index (χ3n) is 2.86. The Morgan fingerprint density at radius 3 is 2.67 bits per heavy atom. The minimum atomic E-state index is -1.19. The van der Waals surface area contributed by atoms with Gasteiger partial charge in [-0.05, 0) is 18.1 Å². The maximum Gasteiger partial charge on any atom is 0.326 e. The summed E-state index contributed by atoms with van der Waals surface area (Å²) in [7, 11) is 1.59. The van der Waals surface area contributed by atoms with E-state index in [9.17, 15) is 9.59 Å². The molecule has 0 spiro atoms. The molecule has 4 N–H and O–H groups in total. The van der Waals surface area contributed by atoms with Gasteiger partial charge in [-0.2, -0.15) is 0 Å². The van der Waals surface area contributed by atoms with E-state index in [2.05, 4.69) is 10.6 Å². The van der Waals surface area contributed by atoms with E-state index >= 15 is 0 Å². The van der Waals surface area contributed by atoms with Gasteiger partial charge in [0.1, 0.15) is 6.04 Å². The highest BCUT2D eigenvalue weighted by molar-refractivity contribution is 5.92. The van der Waals surface area contributed by atoms with E-state index in [1.54, 1.807) is 19.2 Å². The van der Waals surface area contributed by atoms with Crippen LogP contribution in [0.2, 0.25) is 0 Å². The number of amides is 2. The number of urea groups is 1. The summed E-state index contributed by atoms with van der Waals surface area (Å²) in [4.78, 5) is 22.7. The molecule has 7 nitrogen and oxygen atoms in total. The molecule has 1 atom stereocenters. The molecule has 7 heteroatoms. The number of methoxy groups -OCH3 is 1. The fourth-order valence-electron chi connectivity index (χ4n) is 1.78. The van der Waals surface area contributed by atoms with Crippen LogP contribution in [0.15, 0.2) is 24.3 Å². The van der Waals surface area contributed by atoms with Crippen molar-refractivity contribution in [3.8, 4) is 0 Å². The van der Waals surface area contributed by atoms with Gasteiger partial charge < -0.3 is 25.6 Å². The highest BCUT2D eigenvalue weighted by Crippen LogP contribution is 2.15. The van der Waals surface area contributed by atoms with Crippen molar-refractivity contribution in [3.05, 3.63) is 29.8 Å². The van der Waals surface area contributed by atoms with Crippen molar-refractivity contribution in [3.63, 3.8) is 0 Å². The monoisotopic (exact) mass is 296 g/mol. The summed E-state index contributed by atoms with van der Waals surface area (Å²) in [5.74, 6) is -1.19. The zero-order chi connectivity index (χ0) is 15.7. The Morgan fingerprint density at radius 1 is 1.33 bits per heavy atom. The number of nitrogens with one attached hydrogen (secondary N) is 2. The summed E-state index contributed by atoms with van der Waals surface area (Å²) in [6.07, 6.45) is 0.583. The summed E-state index contributed by atoms with van der Waals surface area (Å²) in [6, 6.07) is 5.46. The van der Waals surface area contributed by atoms with Crippen molar-refractivity contribution in [1.82, 2.24) is 5.32 Å². The number of rotatable bonds is 8. The predicted molar refractivity (Wildman–Crippen MR) is 77.3 cm³/mol. The fourth-order valence-corrected chi connectivity index (χ4v) is 1.78. The van der Waals surface area contributed by atoms with Crippen molar-refractivity contribution in [1.29, 1.82) is 0 Å². The first kappa shape index (κ1) is 16.9. The second-order valence-corrected chi connectivity index (χ2v) is 4.40. The average Bonchev–Trinajstić information content (AvgIpc) is 2.45. The second-order valence-electron chi connectivity index (χ2n) is 4.40. The Morgan fingerprint density at radius 2 is 2.05 bits per heavy atom. The van der Waals surface area contributed by atoms with Gasteiger partial charge >= 0.3 is 12.0 Å². The molecule has 0 aliphatic heterocycles. The number of aliphatic hydroxyl groups excluding tert-OH is 1. The number of hydrogen-bond acceptors (Lipinski definition) is 4. The van der Waals surface area contributed by atoms with Crippen molar-refractivity contribution < 1.29 is 24.5 Å². The third-order valence-corrected chi connectivity index (χ3v) is 2.86. The van der Waals surface area contributed by atoms with Crippen LogP contribution in [0.25, 0.3) is 0 Å². The normalized spacial score (nSPS) is 11.7. The van der Waals surface area contributed by atoms with Gasteiger partial charge in [0, 0.05) is 25.8 Å². The number of aliphatic hydroxyl groups is 1. The van der Waals surface area contributed by atoms with Crippen LogP contribution in [0.3, 0.4) is 0 Å². The number of carbonyl (C=O) groups is 2. The molecule has 0 heterocycles. The molecule has 1 aromatic carbocycles. The van der Waals surface area contributed by atoms with Gasteiger partial charge in [-0.1, -0.05) is 18.2 Å². The molecule has 0 bridgehead atoms. The standard InChI is InChI=1S/C14H20N2O5/c1-21-9-7-10-4-2-3-5-11(10)15-14(20)16-12(6-8-17)13(18)19/h2-5,12,17H,6-9H2,1H3,(H,18,19)(H2,15,16,20). The van der Waals surface area contributed by atoms with Crippen molar-refractivity contribution >= 4 is 17.7 Å². The van der Waals surface area contributed by atoms with E-state index < -0.39 is 18.0 Å². The van der Waals surface area contributed by atoms with Crippen molar-refractivity contribution in [2.75, 3.05) is 25.6 Å². The highest BCUT2D eigenvalue weighted by Gasteiger charge is 2.19. The number of para-hydroxylation sites is 1. The van der Waals surface area contributed by atoms with Crippen LogP contribution in [0.4, 0.5) is 10.5 Å². The molecule has 1 aromatic rings. The van der Waals surface area contributed by atoms with Crippen LogP contribution >= 0.6 is 0 Å². The van der Waals surface area contributed by atoms with Crippen LogP contribution in [0, 0.1) is 0 Å². The van der Waals surface area contributed by atoms with Gasteiger partial charge in [0.2, 0.25) is 0 Å². The maximum absolute atomic E-state index is 11.8. The fraction of sp³-hybridized carbons (Fsp3) is 0.429. The summed E-state index contributed by atoms with van der Waals surface area (Å²) >= 11 is 0. The van der Waals surface area contributed by atoms with Gasteiger partial charge in [0.15, 0.2) is 0 Å². The molecule has 2 amide bonds. The lowest BCUT2D eigenvalue weighted by atomic mass is 10.1. The number of anilines is 1. The van der Waals surface area contributed by atoms with Crippen molar-refractivity contribution in [2.45, 2.75) is 18.9 Å². The number of hydrogen-bond donors (Lipinski definition) is 4. The second kappa shape index (κ2) is 8.93. The molecule has 0 fully saturated rings. The van der Waals surface area contributed by atoms with E-state index in [1.807, 2.05) is 12.1 Å². The van der Waals surface area contributed by atoms with Crippen LogP contribution in [-0.2, 0) is 16.0 Å². The molecule has 0 saturated heterocycles. The minimum Gasteiger partial charge on any atom is -0.480 e. The third kappa shape index (κ3) is 5.80. The van der Waals surface area contributed by atoms with Gasteiger partial charge in [0.25, 0.3) is 0 Å². The lowest BCUT2D eigenvalue weighted by Crippen LogP contribution is -2.43. The molecule has 0 aromatic heterocycles. The number of aliphatic carboxylic acids is 1. The molecular formula is C14H20N2O5. The molecule has 21 heavy (non-hydrogen) atoms. The van der Waals surface area contributed by atoms with Gasteiger partial charge in [0.05, 0.1) is 6.61 Å². The Balaban J connectivity index is 2.67. The number of carbonyl (C=O) groups excluding carboxylic acids is 1. The smallest absolute Gasteiger partial charge is 0.326 e. The van der Waals surface area contributed by atoms with Crippen LogP contribution in [0.5, 0.6) is 0 Å². The van der Waals surface area contributed by atoms with E-state index in [0.717, 1.165) is 5.56 Å². The first-order valence-electron chi connectivity index (χ1n) is 6.56. The number of benzene rings is 1. The molecule has 1 rings (SSSR count). The quantitative estimate of drug-likeness (QED) is 0.568. The zero-order valence-electron chi connectivity index (χ0n) is 11.8. The van der Waals surface area contributed by atoms with Gasteiger partial charge in [-0.3, -0.25) is 0 Å². The number of carboxylic acids is 1. The molecule has 0 aliphatic rings. The lowest BCUT2D eigenvalue weighted by Gasteiger charge is -2.15. The van der Waals surface area contributed by atoms with Gasteiger partial charge in [-0.25, -0.2) is 9.59 Å². The Labute approximate surface area is 122 Å². The van der Waals surface area contributed by atoms with E-state index in [-0.39, 0.29) is 13.0 Å². The summed E-state index contributed by atoms with van der Waals surface area (Å²) in [6.45, 7) is 0.199. The summed E-state index contributed by atoms with van der Waals surface area (Å²) < 4.78 is 5.00. The molecule has 116 valence electrons. The highest BCUT2D eigenvalue weighted by atomic mass is 16.5. The largest absolute Gasteiger partial charge is 0.480 e. The topological polar surface area (TPSA) is 108 Å². The van der Waals surface area contributed by atoms with E-state index in [0.29, 0.717) is 18.7 Å². The Hall–Kier alpha value is -2.12. The molecule has 0 aliphatic carbocycles. The predicted octanol–water partition coefficient (Wildman–Crippen LogP) is 0.833. The maximum atomic E-state index is 11.8. The lowest BCUT2D eigenvalue weighted by molar-refractivity contribution is -0.139. The van der Waals surface area contributed by atoms with Crippen LogP contribution in [0.1, 0.15) is 12.0 Å².